The number of rotatable bonds is 6. The minimum absolute atomic E-state index is 0.0981. The van der Waals surface area contributed by atoms with Crippen molar-refractivity contribution in [1.82, 2.24) is 20.4 Å². The van der Waals surface area contributed by atoms with Gasteiger partial charge in [-0.05, 0) is 38.9 Å². The average molecular weight is 295 g/mol. The van der Waals surface area contributed by atoms with Gasteiger partial charge in [0.1, 0.15) is 0 Å². The van der Waals surface area contributed by atoms with E-state index >= 15 is 0 Å². The predicted octanol–water partition coefficient (Wildman–Crippen LogP) is 1.06. The number of amides is 1. The van der Waals surface area contributed by atoms with Crippen LogP contribution in [0.25, 0.3) is 0 Å². The maximum atomic E-state index is 12.0. The van der Waals surface area contributed by atoms with Gasteiger partial charge in [0.25, 0.3) is 0 Å². The zero-order valence-electron chi connectivity index (χ0n) is 13.1. The lowest BCUT2D eigenvalue weighted by molar-refractivity contribution is -0.117. The Hall–Kier alpha value is -1.47. The van der Waals surface area contributed by atoms with Gasteiger partial charge in [-0.25, -0.2) is 0 Å². The van der Waals surface area contributed by atoms with Crippen molar-refractivity contribution in [3.8, 4) is 0 Å². The molecule has 1 fully saturated rings. The number of nitrogens with one attached hydrogen (secondary N) is 2. The first-order valence-corrected chi connectivity index (χ1v) is 7.58. The number of piperidine rings is 1. The van der Waals surface area contributed by atoms with Crippen LogP contribution in [0.2, 0.25) is 0 Å². The first kappa shape index (κ1) is 15.9. The van der Waals surface area contributed by atoms with Gasteiger partial charge in [-0.1, -0.05) is 18.9 Å². The Morgan fingerprint density at radius 3 is 2.95 bits per heavy atom. The predicted molar refractivity (Wildman–Crippen MR) is 80.1 cm³/mol. The van der Waals surface area contributed by atoms with Crippen LogP contribution in [0.3, 0.4) is 0 Å². The van der Waals surface area contributed by atoms with Crippen molar-refractivity contribution in [2.45, 2.75) is 32.6 Å². The van der Waals surface area contributed by atoms with Crippen LogP contribution in [0, 0.1) is 5.92 Å². The molecular formula is C14H25N5O2. The molecule has 0 aliphatic carbocycles. The zero-order chi connectivity index (χ0) is 15.2. The molecule has 1 saturated heterocycles. The molecule has 2 heterocycles. The topological polar surface area (TPSA) is 83.3 Å². The van der Waals surface area contributed by atoms with Gasteiger partial charge in [-0.2, -0.15) is 0 Å². The molecule has 1 atom stereocenters. The first-order chi connectivity index (χ1) is 10.1. The Labute approximate surface area is 125 Å². The summed E-state index contributed by atoms with van der Waals surface area (Å²) in [6, 6.07) is 0.187. The number of hydrogen-bond donors (Lipinski definition) is 2. The van der Waals surface area contributed by atoms with Crippen molar-refractivity contribution in [2.75, 3.05) is 38.5 Å². The third-order valence-corrected chi connectivity index (χ3v) is 3.64. The van der Waals surface area contributed by atoms with Gasteiger partial charge < -0.3 is 9.73 Å². The second-order valence-corrected chi connectivity index (χ2v) is 5.95. The molecule has 0 spiro atoms. The van der Waals surface area contributed by atoms with E-state index in [0.717, 1.165) is 26.1 Å². The highest BCUT2D eigenvalue weighted by atomic mass is 16.4. The molecule has 1 aliphatic rings. The molecule has 21 heavy (non-hydrogen) atoms. The highest BCUT2D eigenvalue weighted by molar-refractivity contribution is 5.90. The van der Waals surface area contributed by atoms with Gasteiger partial charge in [0.2, 0.25) is 11.8 Å². The fraction of sp³-hybridized carbons (Fsp3) is 0.786. The molecular weight excluding hydrogens is 270 g/mol. The summed E-state index contributed by atoms with van der Waals surface area (Å²) in [5.74, 6) is 1.22. The number of aromatic nitrogens is 2. The number of nitrogens with zero attached hydrogens (tertiary/aromatic N) is 3. The molecule has 0 aromatic carbocycles. The molecule has 7 nitrogen and oxygen atoms in total. The average Bonchev–Trinajstić information content (AvgIpc) is 2.88. The largest absolute Gasteiger partial charge is 0.408 e. The van der Waals surface area contributed by atoms with Crippen molar-refractivity contribution in [3.63, 3.8) is 0 Å². The maximum Gasteiger partial charge on any atom is 0.322 e. The SMILES string of the molecule is CNCC1CCCN(CC(=O)Nc2nnc(C(C)C)o2)C1. The summed E-state index contributed by atoms with van der Waals surface area (Å²) in [7, 11) is 1.97. The maximum absolute atomic E-state index is 12.0. The van der Waals surface area contributed by atoms with Crippen LogP contribution in [0.15, 0.2) is 4.42 Å². The van der Waals surface area contributed by atoms with Crippen LogP contribution in [0.1, 0.15) is 38.5 Å². The fourth-order valence-corrected chi connectivity index (χ4v) is 2.63. The minimum atomic E-state index is -0.0981. The molecule has 0 bridgehead atoms. The van der Waals surface area contributed by atoms with Crippen LogP contribution >= 0.6 is 0 Å². The van der Waals surface area contributed by atoms with Crippen molar-refractivity contribution in [3.05, 3.63) is 5.89 Å². The molecule has 2 rings (SSSR count). The standard InChI is InChI=1S/C14H25N5O2/c1-10(2)13-17-18-14(21-13)16-12(20)9-19-6-4-5-11(8-19)7-15-3/h10-11,15H,4-9H2,1-3H3,(H,16,18,20). The van der Waals surface area contributed by atoms with Crippen LogP contribution in [-0.2, 0) is 4.79 Å². The highest BCUT2D eigenvalue weighted by Crippen LogP contribution is 2.16. The fourth-order valence-electron chi connectivity index (χ4n) is 2.63. The van der Waals surface area contributed by atoms with Gasteiger partial charge in [0.15, 0.2) is 0 Å². The van der Waals surface area contributed by atoms with Gasteiger partial charge >= 0.3 is 6.01 Å². The minimum Gasteiger partial charge on any atom is -0.408 e. The van der Waals surface area contributed by atoms with Crippen molar-refractivity contribution in [1.29, 1.82) is 0 Å². The van der Waals surface area contributed by atoms with E-state index in [2.05, 4.69) is 25.7 Å². The molecule has 118 valence electrons. The second kappa shape index (κ2) is 7.51. The normalized spacial score (nSPS) is 19.9. The molecule has 0 saturated carbocycles. The molecule has 7 heteroatoms. The number of carbonyl (C=O) groups excluding carboxylic acids is 1. The van der Waals surface area contributed by atoms with Gasteiger partial charge in [-0.3, -0.25) is 15.0 Å². The van der Waals surface area contributed by atoms with Gasteiger partial charge in [0.05, 0.1) is 6.54 Å². The zero-order valence-corrected chi connectivity index (χ0v) is 13.1. The Morgan fingerprint density at radius 2 is 2.29 bits per heavy atom. The summed E-state index contributed by atoms with van der Waals surface area (Å²) >= 11 is 0. The lowest BCUT2D eigenvalue weighted by atomic mass is 9.98. The van der Waals surface area contributed by atoms with Crippen LogP contribution in [-0.4, -0.2) is 54.2 Å². The first-order valence-electron chi connectivity index (χ1n) is 7.58. The Bertz CT molecular complexity index is 458. The van der Waals surface area contributed by atoms with Gasteiger partial charge in [-0.15, -0.1) is 5.10 Å². The lowest BCUT2D eigenvalue weighted by Gasteiger charge is -2.31. The molecule has 1 amide bonds. The van der Waals surface area contributed by atoms with E-state index in [9.17, 15) is 4.79 Å². The van der Waals surface area contributed by atoms with Crippen LogP contribution < -0.4 is 10.6 Å². The summed E-state index contributed by atoms with van der Waals surface area (Å²) < 4.78 is 5.38. The highest BCUT2D eigenvalue weighted by Gasteiger charge is 2.21. The van der Waals surface area contributed by atoms with Crippen molar-refractivity contribution in [2.24, 2.45) is 5.92 Å². The number of carbonyl (C=O) groups is 1. The number of likely N-dealkylation sites (tertiary alicyclic amines) is 1. The van der Waals surface area contributed by atoms with E-state index in [1.54, 1.807) is 0 Å². The van der Waals surface area contributed by atoms with E-state index in [1.807, 2.05) is 20.9 Å². The molecule has 1 aromatic rings. The van der Waals surface area contributed by atoms with E-state index in [0.29, 0.717) is 18.4 Å². The lowest BCUT2D eigenvalue weighted by Crippen LogP contribution is -2.42. The Balaban J connectivity index is 1.80. The summed E-state index contributed by atoms with van der Waals surface area (Å²) in [5, 5.41) is 13.6. The van der Waals surface area contributed by atoms with E-state index in [-0.39, 0.29) is 17.8 Å². The molecule has 1 unspecified atom stereocenters. The number of anilines is 1. The molecule has 2 N–H and O–H groups in total. The second-order valence-electron chi connectivity index (χ2n) is 5.95. The summed E-state index contributed by atoms with van der Waals surface area (Å²) in [4.78, 5) is 14.2. The van der Waals surface area contributed by atoms with Gasteiger partial charge in [0, 0.05) is 12.5 Å². The molecule has 1 aromatic heterocycles. The third kappa shape index (κ3) is 4.78. The monoisotopic (exact) mass is 295 g/mol. The van der Waals surface area contributed by atoms with E-state index < -0.39 is 0 Å². The van der Waals surface area contributed by atoms with Crippen LogP contribution in [0.5, 0.6) is 0 Å². The number of hydrogen-bond acceptors (Lipinski definition) is 6. The Morgan fingerprint density at radius 1 is 1.48 bits per heavy atom. The quantitative estimate of drug-likeness (QED) is 0.816. The summed E-state index contributed by atoms with van der Waals surface area (Å²) in [6.07, 6.45) is 2.36. The summed E-state index contributed by atoms with van der Waals surface area (Å²) in [5.41, 5.74) is 0. The van der Waals surface area contributed by atoms with Crippen LogP contribution in [0.4, 0.5) is 6.01 Å². The molecule has 0 radical (unpaired) electrons. The van der Waals surface area contributed by atoms with E-state index in [1.165, 1.54) is 6.42 Å². The smallest absolute Gasteiger partial charge is 0.322 e. The van der Waals surface area contributed by atoms with E-state index in [4.69, 9.17) is 4.42 Å². The Kier molecular flexibility index (Phi) is 5.69. The summed E-state index contributed by atoms with van der Waals surface area (Å²) in [6.45, 7) is 7.23. The third-order valence-electron chi connectivity index (χ3n) is 3.64. The van der Waals surface area contributed by atoms with Crippen molar-refractivity contribution < 1.29 is 9.21 Å². The van der Waals surface area contributed by atoms with Crippen molar-refractivity contribution >= 4 is 11.9 Å². The molecule has 1 aliphatic heterocycles.